The molecule has 0 amide bonds. The lowest BCUT2D eigenvalue weighted by Gasteiger charge is -2.12. The molecule has 0 spiro atoms. The molecule has 16 heavy (non-hydrogen) atoms. The minimum atomic E-state index is 0. The maximum absolute atomic E-state index is 5.25. The molecule has 1 aromatic heterocycles. The number of benzene rings is 1. The van der Waals surface area contributed by atoms with E-state index in [2.05, 4.69) is 22.4 Å². The fourth-order valence-corrected chi connectivity index (χ4v) is 2.25. The van der Waals surface area contributed by atoms with Gasteiger partial charge in [-0.25, -0.2) is 0 Å². The molecule has 2 heterocycles. The number of aromatic nitrogens is 1. The van der Waals surface area contributed by atoms with E-state index in [1.807, 2.05) is 6.07 Å². The third-order valence-electron chi connectivity index (χ3n) is 3.06. The van der Waals surface area contributed by atoms with E-state index in [1.54, 1.807) is 7.11 Å². The first-order chi connectivity index (χ1) is 7.38. The Kier molecular flexibility index (Phi) is 3.08. The van der Waals surface area contributed by atoms with Crippen LogP contribution in [0.4, 0.5) is 0 Å². The van der Waals surface area contributed by atoms with E-state index in [9.17, 15) is 0 Å². The lowest BCUT2D eigenvalue weighted by molar-refractivity contribution is 0.415. The van der Waals surface area contributed by atoms with Crippen molar-refractivity contribution in [2.75, 3.05) is 13.7 Å². The van der Waals surface area contributed by atoms with Crippen LogP contribution in [0.2, 0.25) is 0 Å². The van der Waals surface area contributed by atoms with E-state index in [-0.39, 0.29) is 12.4 Å². The first-order valence-electron chi connectivity index (χ1n) is 5.26. The fourth-order valence-electron chi connectivity index (χ4n) is 2.25. The van der Waals surface area contributed by atoms with Crippen molar-refractivity contribution in [3.05, 3.63) is 29.5 Å². The molecule has 2 N–H and O–H groups in total. The molecule has 4 heteroatoms. The van der Waals surface area contributed by atoms with Crippen LogP contribution in [0.5, 0.6) is 5.75 Å². The largest absolute Gasteiger partial charge is 0.497 e. The summed E-state index contributed by atoms with van der Waals surface area (Å²) in [6, 6.07) is 6.20. The molecule has 0 bridgehead atoms. The number of methoxy groups -OCH3 is 1. The van der Waals surface area contributed by atoms with Crippen LogP contribution in [0.25, 0.3) is 10.9 Å². The number of nitrogens with one attached hydrogen (secondary N) is 2. The van der Waals surface area contributed by atoms with E-state index >= 15 is 0 Å². The predicted octanol–water partition coefficient (Wildman–Crippen LogP) is 2.24. The minimum Gasteiger partial charge on any atom is -0.497 e. The molecule has 0 radical (unpaired) electrons. The molecule has 0 atom stereocenters. The van der Waals surface area contributed by atoms with Crippen LogP contribution in [0.1, 0.15) is 11.3 Å². The topological polar surface area (TPSA) is 37.0 Å². The number of ether oxygens (including phenoxy) is 1. The van der Waals surface area contributed by atoms with Crippen LogP contribution in [0.3, 0.4) is 0 Å². The summed E-state index contributed by atoms with van der Waals surface area (Å²) in [4.78, 5) is 3.47. The van der Waals surface area contributed by atoms with Crippen LogP contribution in [0, 0.1) is 0 Å². The quantitative estimate of drug-likeness (QED) is 0.800. The zero-order valence-corrected chi connectivity index (χ0v) is 9.99. The van der Waals surface area contributed by atoms with Gasteiger partial charge in [-0.05, 0) is 23.8 Å². The molecule has 3 nitrogen and oxygen atoms in total. The molecule has 0 fully saturated rings. The van der Waals surface area contributed by atoms with Crippen molar-refractivity contribution in [1.29, 1.82) is 0 Å². The van der Waals surface area contributed by atoms with Crippen molar-refractivity contribution in [3.8, 4) is 5.75 Å². The van der Waals surface area contributed by atoms with Crippen molar-refractivity contribution in [2.45, 2.75) is 13.0 Å². The smallest absolute Gasteiger partial charge is 0.119 e. The number of H-pyrrole nitrogens is 1. The van der Waals surface area contributed by atoms with Gasteiger partial charge >= 0.3 is 0 Å². The first-order valence-corrected chi connectivity index (χ1v) is 5.26. The van der Waals surface area contributed by atoms with Gasteiger partial charge in [-0.2, -0.15) is 0 Å². The highest BCUT2D eigenvalue weighted by Gasteiger charge is 2.14. The minimum absolute atomic E-state index is 0. The Hall–Kier alpha value is -1.19. The van der Waals surface area contributed by atoms with E-state index in [0.29, 0.717) is 0 Å². The molecule has 0 saturated heterocycles. The van der Waals surface area contributed by atoms with Crippen LogP contribution in [0.15, 0.2) is 18.2 Å². The number of aromatic amines is 1. The number of halogens is 1. The lowest BCUT2D eigenvalue weighted by Crippen LogP contribution is -2.22. The van der Waals surface area contributed by atoms with Crippen molar-refractivity contribution < 1.29 is 4.74 Å². The van der Waals surface area contributed by atoms with Crippen molar-refractivity contribution in [2.24, 2.45) is 0 Å². The Bertz CT molecular complexity index is 507. The normalized spacial score (nSPS) is 14.3. The third-order valence-corrected chi connectivity index (χ3v) is 3.06. The number of hydrogen-bond acceptors (Lipinski definition) is 2. The van der Waals surface area contributed by atoms with Crippen LogP contribution in [-0.4, -0.2) is 18.6 Å². The van der Waals surface area contributed by atoms with Gasteiger partial charge in [0.25, 0.3) is 0 Å². The zero-order chi connectivity index (χ0) is 10.3. The summed E-state index contributed by atoms with van der Waals surface area (Å²) in [6.45, 7) is 2.03. The van der Waals surface area contributed by atoms with Gasteiger partial charge in [-0.3, -0.25) is 0 Å². The highest BCUT2D eigenvalue weighted by molar-refractivity contribution is 5.86. The molecule has 1 aliphatic heterocycles. The SMILES string of the molecule is COc1ccc2[nH]c3c(c2c1)CNCC3.Cl. The second-order valence-electron chi connectivity index (χ2n) is 3.92. The molecule has 2 aromatic rings. The summed E-state index contributed by atoms with van der Waals surface area (Å²) in [6.07, 6.45) is 1.09. The highest BCUT2D eigenvalue weighted by Crippen LogP contribution is 2.28. The molecular formula is C12H15ClN2O. The Morgan fingerprint density at radius 1 is 1.31 bits per heavy atom. The van der Waals surface area contributed by atoms with Crippen molar-refractivity contribution >= 4 is 23.3 Å². The Morgan fingerprint density at radius 2 is 2.19 bits per heavy atom. The van der Waals surface area contributed by atoms with Gasteiger partial charge in [0.15, 0.2) is 0 Å². The Balaban J connectivity index is 0.000000963. The van der Waals surface area contributed by atoms with Gasteiger partial charge in [-0.15, -0.1) is 12.4 Å². The summed E-state index contributed by atoms with van der Waals surface area (Å²) in [5.74, 6) is 0.926. The molecule has 1 aromatic carbocycles. The fraction of sp³-hybridized carbons (Fsp3) is 0.333. The highest BCUT2D eigenvalue weighted by atomic mass is 35.5. The first kappa shape index (κ1) is 11.3. The van der Waals surface area contributed by atoms with Crippen LogP contribution >= 0.6 is 12.4 Å². The zero-order valence-electron chi connectivity index (χ0n) is 9.17. The van der Waals surface area contributed by atoms with Gasteiger partial charge in [0.1, 0.15) is 5.75 Å². The summed E-state index contributed by atoms with van der Waals surface area (Å²) in [5.41, 5.74) is 3.98. The van der Waals surface area contributed by atoms with Crippen molar-refractivity contribution in [3.63, 3.8) is 0 Å². The van der Waals surface area contributed by atoms with Gasteiger partial charge in [0, 0.05) is 36.1 Å². The van der Waals surface area contributed by atoms with Gasteiger partial charge in [0.05, 0.1) is 7.11 Å². The van der Waals surface area contributed by atoms with Gasteiger partial charge in [0.2, 0.25) is 0 Å². The average Bonchev–Trinajstić information content (AvgIpc) is 2.66. The van der Waals surface area contributed by atoms with E-state index in [0.717, 1.165) is 25.3 Å². The third kappa shape index (κ3) is 1.66. The van der Waals surface area contributed by atoms with E-state index < -0.39 is 0 Å². The molecule has 0 unspecified atom stereocenters. The summed E-state index contributed by atoms with van der Waals surface area (Å²) >= 11 is 0. The monoisotopic (exact) mass is 238 g/mol. The molecule has 1 aliphatic rings. The number of hydrogen-bond donors (Lipinski definition) is 2. The molecule has 0 saturated carbocycles. The Labute approximate surface area is 101 Å². The average molecular weight is 239 g/mol. The summed E-state index contributed by atoms with van der Waals surface area (Å²) < 4.78 is 5.25. The maximum Gasteiger partial charge on any atom is 0.119 e. The second-order valence-corrected chi connectivity index (χ2v) is 3.92. The molecule has 3 rings (SSSR count). The van der Waals surface area contributed by atoms with Crippen LogP contribution < -0.4 is 10.1 Å². The van der Waals surface area contributed by atoms with Gasteiger partial charge < -0.3 is 15.0 Å². The van der Waals surface area contributed by atoms with E-state index in [1.165, 1.54) is 22.2 Å². The lowest BCUT2D eigenvalue weighted by atomic mass is 10.1. The van der Waals surface area contributed by atoms with Crippen LogP contribution in [-0.2, 0) is 13.0 Å². The van der Waals surface area contributed by atoms with E-state index in [4.69, 9.17) is 4.74 Å². The standard InChI is InChI=1S/C12H14N2O.ClH/c1-15-8-2-3-11-9(6-8)10-7-13-5-4-12(10)14-11;/h2-3,6,13-14H,4-5,7H2,1H3;1H. The summed E-state index contributed by atoms with van der Waals surface area (Å²) in [7, 11) is 1.71. The predicted molar refractivity (Wildman–Crippen MR) is 67.5 cm³/mol. The van der Waals surface area contributed by atoms with Gasteiger partial charge in [-0.1, -0.05) is 0 Å². The maximum atomic E-state index is 5.25. The molecule has 0 aliphatic carbocycles. The Morgan fingerprint density at radius 3 is 3.00 bits per heavy atom. The second kappa shape index (κ2) is 4.36. The molecule has 86 valence electrons. The number of rotatable bonds is 1. The molecular weight excluding hydrogens is 224 g/mol. The summed E-state index contributed by atoms with van der Waals surface area (Å²) in [5, 5.41) is 4.68. The van der Waals surface area contributed by atoms with Crippen molar-refractivity contribution in [1.82, 2.24) is 10.3 Å². The number of fused-ring (bicyclic) bond motifs is 3.